The van der Waals surface area contributed by atoms with E-state index in [1.54, 1.807) is 24.3 Å². The number of rotatable bonds is 7. The smallest absolute Gasteiger partial charge is 0.482 e. The van der Waals surface area contributed by atoms with Crippen LogP contribution in [0.4, 0.5) is 13.6 Å². The number of aliphatic carboxylic acids is 1. The van der Waals surface area contributed by atoms with E-state index < -0.39 is 36.4 Å². The summed E-state index contributed by atoms with van der Waals surface area (Å²) >= 11 is 6.19. The number of hydroxylamine groups is 2. The first kappa shape index (κ1) is 24.4. The predicted octanol–water partition coefficient (Wildman–Crippen LogP) is 5.30. The molecule has 0 amide bonds. The Kier molecular flexibility index (Phi) is 7.48. The summed E-state index contributed by atoms with van der Waals surface area (Å²) in [5.74, 6) is -2.68. The minimum atomic E-state index is -1.22. The predicted molar refractivity (Wildman–Crippen MR) is 121 cm³/mol. The number of halogens is 3. The molecule has 35 heavy (non-hydrogen) atoms. The molecular formula is C25H20ClF2NO6. The van der Waals surface area contributed by atoms with E-state index >= 15 is 0 Å². The topological polar surface area (TPSA) is 85.3 Å². The Morgan fingerprint density at radius 1 is 1.06 bits per heavy atom. The zero-order chi connectivity index (χ0) is 24.9. The Balaban J connectivity index is 1.68. The lowest BCUT2D eigenvalue weighted by Crippen LogP contribution is -2.38. The SMILES string of the molecule is O=C(O)COc1ccc(Cl)cc1C1c2cc(F)cc(F)c2CCN1OC(=O)OCc1ccccc1. The molecule has 1 atom stereocenters. The Morgan fingerprint density at radius 3 is 2.57 bits per heavy atom. The summed E-state index contributed by atoms with van der Waals surface area (Å²) in [6.45, 7) is -0.653. The second kappa shape index (κ2) is 10.7. The summed E-state index contributed by atoms with van der Waals surface area (Å²) < 4.78 is 39.5. The van der Waals surface area contributed by atoms with Crippen molar-refractivity contribution in [2.24, 2.45) is 0 Å². The highest BCUT2D eigenvalue weighted by Gasteiger charge is 2.36. The van der Waals surface area contributed by atoms with Crippen LogP contribution < -0.4 is 4.74 Å². The molecule has 182 valence electrons. The Morgan fingerprint density at radius 2 is 1.83 bits per heavy atom. The molecule has 1 aliphatic rings. The lowest BCUT2D eigenvalue weighted by atomic mass is 9.88. The number of ether oxygens (including phenoxy) is 2. The number of hydrogen-bond acceptors (Lipinski definition) is 6. The number of carboxylic acids is 1. The van der Waals surface area contributed by atoms with E-state index in [4.69, 9.17) is 31.0 Å². The number of nitrogens with zero attached hydrogens (tertiary/aromatic N) is 1. The van der Waals surface area contributed by atoms with Crippen LogP contribution in [0, 0.1) is 11.6 Å². The summed E-state index contributed by atoms with van der Waals surface area (Å²) in [6, 6.07) is 14.2. The van der Waals surface area contributed by atoms with Gasteiger partial charge in [-0.15, -0.1) is 5.06 Å². The number of benzene rings is 3. The van der Waals surface area contributed by atoms with Crippen LogP contribution in [0.2, 0.25) is 5.02 Å². The van der Waals surface area contributed by atoms with Crippen LogP contribution in [0.5, 0.6) is 5.75 Å². The maximum absolute atomic E-state index is 14.6. The molecule has 3 aromatic rings. The molecule has 0 saturated heterocycles. The van der Waals surface area contributed by atoms with Gasteiger partial charge in [0, 0.05) is 23.2 Å². The number of carboxylic acid groups (broad SMARTS) is 1. The van der Waals surface area contributed by atoms with E-state index in [2.05, 4.69) is 0 Å². The van der Waals surface area contributed by atoms with Gasteiger partial charge in [-0.1, -0.05) is 41.9 Å². The van der Waals surface area contributed by atoms with Gasteiger partial charge in [-0.25, -0.2) is 18.4 Å². The third-order valence-electron chi connectivity index (χ3n) is 5.37. The van der Waals surface area contributed by atoms with Crippen LogP contribution in [0.1, 0.15) is 28.3 Å². The summed E-state index contributed by atoms with van der Waals surface area (Å²) in [6.07, 6.45) is -0.898. The second-order valence-corrected chi connectivity index (χ2v) is 8.17. The number of carbonyl (C=O) groups excluding carboxylic acids is 1. The van der Waals surface area contributed by atoms with Crippen molar-refractivity contribution in [3.63, 3.8) is 0 Å². The molecule has 1 aliphatic heterocycles. The van der Waals surface area contributed by atoms with Crippen LogP contribution in [0.3, 0.4) is 0 Å². The van der Waals surface area contributed by atoms with Crippen LogP contribution in [0.25, 0.3) is 0 Å². The molecule has 4 rings (SSSR count). The molecule has 3 aromatic carbocycles. The van der Waals surface area contributed by atoms with Gasteiger partial charge in [0.2, 0.25) is 0 Å². The van der Waals surface area contributed by atoms with Crippen molar-refractivity contribution in [1.82, 2.24) is 5.06 Å². The largest absolute Gasteiger partial charge is 0.528 e. The van der Waals surface area contributed by atoms with E-state index in [1.807, 2.05) is 6.07 Å². The molecule has 0 aliphatic carbocycles. The van der Waals surface area contributed by atoms with E-state index in [0.717, 1.165) is 17.7 Å². The Hall–Kier alpha value is -3.69. The van der Waals surface area contributed by atoms with Crippen LogP contribution in [0.15, 0.2) is 60.7 Å². The van der Waals surface area contributed by atoms with Crippen molar-refractivity contribution in [3.8, 4) is 5.75 Å². The molecule has 0 spiro atoms. The first-order valence-electron chi connectivity index (χ1n) is 10.6. The lowest BCUT2D eigenvalue weighted by molar-refractivity contribution is -0.153. The molecule has 1 N–H and O–H groups in total. The molecule has 0 bridgehead atoms. The average Bonchev–Trinajstić information content (AvgIpc) is 2.82. The molecule has 0 aromatic heterocycles. The van der Waals surface area contributed by atoms with Crippen LogP contribution in [-0.2, 0) is 27.4 Å². The summed E-state index contributed by atoms with van der Waals surface area (Å²) in [5, 5.41) is 10.5. The second-order valence-electron chi connectivity index (χ2n) is 7.73. The number of carbonyl (C=O) groups is 2. The van der Waals surface area contributed by atoms with Crippen molar-refractivity contribution in [2.75, 3.05) is 13.2 Å². The molecule has 7 nitrogen and oxygen atoms in total. The van der Waals surface area contributed by atoms with E-state index in [-0.39, 0.29) is 47.0 Å². The Labute approximate surface area is 204 Å². The van der Waals surface area contributed by atoms with Gasteiger partial charge in [0.1, 0.15) is 30.0 Å². The molecule has 1 heterocycles. The van der Waals surface area contributed by atoms with Crippen molar-refractivity contribution >= 4 is 23.7 Å². The normalized spacial score (nSPS) is 15.2. The third-order valence-corrected chi connectivity index (χ3v) is 5.60. The monoisotopic (exact) mass is 503 g/mol. The molecule has 0 fully saturated rings. The zero-order valence-electron chi connectivity index (χ0n) is 18.2. The fraction of sp³-hybridized carbons (Fsp3) is 0.200. The molecule has 10 heteroatoms. The molecule has 0 radical (unpaired) electrons. The van der Waals surface area contributed by atoms with E-state index in [9.17, 15) is 18.4 Å². The number of fused-ring (bicyclic) bond motifs is 1. The van der Waals surface area contributed by atoms with Gasteiger partial charge >= 0.3 is 12.1 Å². The fourth-order valence-electron chi connectivity index (χ4n) is 3.90. The summed E-state index contributed by atoms with van der Waals surface area (Å²) in [7, 11) is 0. The minimum Gasteiger partial charge on any atom is -0.482 e. The first-order valence-corrected chi connectivity index (χ1v) is 11.0. The zero-order valence-corrected chi connectivity index (χ0v) is 19.0. The summed E-state index contributed by atoms with van der Waals surface area (Å²) in [5.41, 5.74) is 1.43. The van der Waals surface area contributed by atoms with Gasteiger partial charge in [-0.3, -0.25) is 0 Å². The fourth-order valence-corrected chi connectivity index (χ4v) is 4.08. The van der Waals surface area contributed by atoms with Crippen molar-refractivity contribution in [2.45, 2.75) is 19.1 Å². The highest BCUT2D eigenvalue weighted by atomic mass is 35.5. The molecular weight excluding hydrogens is 484 g/mol. The highest BCUT2D eigenvalue weighted by molar-refractivity contribution is 6.30. The third kappa shape index (κ3) is 5.87. The number of hydrogen-bond donors (Lipinski definition) is 1. The highest BCUT2D eigenvalue weighted by Crippen LogP contribution is 2.41. The quantitative estimate of drug-likeness (QED) is 0.438. The van der Waals surface area contributed by atoms with Crippen molar-refractivity contribution < 1.29 is 37.8 Å². The van der Waals surface area contributed by atoms with Crippen LogP contribution in [-0.4, -0.2) is 35.4 Å². The van der Waals surface area contributed by atoms with Crippen LogP contribution >= 0.6 is 11.6 Å². The first-order chi connectivity index (χ1) is 16.8. The molecule has 1 unspecified atom stereocenters. The standard InChI is InChI=1S/C25H20ClF2NO6/c26-16-6-7-22(33-14-23(30)31)20(10-16)24-19-11-17(27)12-21(28)18(19)8-9-29(24)35-25(32)34-13-15-4-2-1-3-5-15/h1-7,10-12,24H,8-9,13-14H2,(H,30,31). The van der Waals surface area contributed by atoms with E-state index in [0.29, 0.717) is 0 Å². The Bertz CT molecular complexity index is 1240. The van der Waals surface area contributed by atoms with Gasteiger partial charge in [0.25, 0.3) is 0 Å². The maximum atomic E-state index is 14.6. The van der Waals surface area contributed by atoms with Gasteiger partial charge in [0.15, 0.2) is 6.61 Å². The van der Waals surface area contributed by atoms with Gasteiger partial charge < -0.3 is 19.4 Å². The summed E-state index contributed by atoms with van der Waals surface area (Å²) in [4.78, 5) is 29.0. The van der Waals surface area contributed by atoms with Gasteiger partial charge in [-0.2, -0.15) is 0 Å². The molecule has 0 saturated carbocycles. The van der Waals surface area contributed by atoms with Gasteiger partial charge in [-0.05, 0) is 47.4 Å². The van der Waals surface area contributed by atoms with E-state index in [1.165, 1.54) is 23.3 Å². The average molecular weight is 504 g/mol. The van der Waals surface area contributed by atoms with Gasteiger partial charge in [0.05, 0.1) is 0 Å². The van der Waals surface area contributed by atoms with Crippen molar-refractivity contribution in [3.05, 3.63) is 99.6 Å². The lowest BCUT2D eigenvalue weighted by Gasteiger charge is -2.36. The maximum Gasteiger partial charge on any atom is 0.528 e. The minimum absolute atomic E-state index is 0.0395. The van der Waals surface area contributed by atoms with Crippen molar-refractivity contribution in [1.29, 1.82) is 0 Å².